The second-order valence-electron chi connectivity index (χ2n) is 8.08. The van der Waals surface area contributed by atoms with E-state index in [0.29, 0.717) is 26.2 Å². The maximum absolute atomic E-state index is 12.6. The van der Waals surface area contributed by atoms with Gasteiger partial charge in [0.25, 0.3) is 5.79 Å². The van der Waals surface area contributed by atoms with Crippen molar-refractivity contribution in [1.29, 1.82) is 0 Å². The molecule has 0 heterocycles. The lowest BCUT2D eigenvalue weighted by Crippen LogP contribution is -2.62. The summed E-state index contributed by atoms with van der Waals surface area (Å²) in [5.74, 6) is -7.36. The van der Waals surface area contributed by atoms with Crippen LogP contribution < -0.4 is 5.32 Å². The highest BCUT2D eigenvalue weighted by Crippen LogP contribution is 2.27. The molecule has 0 aromatic rings. The molecule has 0 saturated heterocycles. The highest BCUT2D eigenvalue weighted by atomic mass is 28.4. The van der Waals surface area contributed by atoms with Crippen molar-refractivity contribution in [3.05, 3.63) is 24.3 Å². The molecule has 0 fully saturated rings. The van der Waals surface area contributed by atoms with E-state index in [1.165, 1.54) is 20.8 Å². The maximum Gasteiger partial charge on any atom is 0.524 e. The maximum atomic E-state index is 12.6. The van der Waals surface area contributed by atoms with Crippen molar-refractivity contribution in [2.24, 2.45) is 5.92 Å². The van der Waals surface area contributed by atoms with Crippen molar-refractivity contribution >= 4 is 32.2 Å². The van der Waals surface area contributed by atoms with Crippen LogP contribution in [0.1, 0.15) is 67.7 Å². The minimum absolute atomic E-state index is 0.0806. The minimum atomic E-state index is -3.24. The Morgan fingerprint density at radius 2 is 1.40 bits per heavy atom. The number of hydrogen-bond acceptors (Lipinski definition) is 9. The van der Waals surface area contributed by atoms with Crippen LogP contribution in [0, 0.1) is 5.92 Å². The molecule has 0 rings (SSSR count). The summed E-state index contributed by atoms with van der Waals surface area (Å²) in [6.07, 6.45) is -0.283. The normalized spacial score (nSPS) is 14.9. The first-order chi connectivity index (χ1) is 16.3. The number of carbonyl (C=O) groups is 4. The molecule has 0 saturated carbocycles. The second-order valence-corrected chi connectivity index (χ2v) is 10.8. The Bertz CT molecular complexity index is 781. The van der Waals surface area contributed by atoms with Gasteiger partial charge < -0.3 is 28.4 Å². The third-order valence-electron chi connectivity index (χ3n) is 5.15. The fourth-order valence-electron chi connectivity index (χ4n) is 3.36. The molecule has 0 spiro atoms. The van der Waals surface area contributed by atoms with Crippen LogP contribution in [0.2, 0.25) is 0 Å². The fourth-order valence-corrected chi connectivity index (χ4v) is 6.26. The molecule has 0 aromatic carbocycles. The number of carbonyl (C=O) groups excluding carboxylic acids is 4. The highest BCUT2D eigenvalue weighted by molar-refractivity contribution is 6.62. The van der Waals surface area contributed by atoms with Crippen LogP contribution in [0.3, 0.4) is 0 Å². The van der Waals surface area contributed by atoms with Crippen LogP contribution in [0.15, 0.2) is 24.3 Å². The number of ether oxygens (including phenoxy) is 1. The second kappa shape index (κ2) is 15.0. The Hall–Kier alpha value is -2.18. The van der Waals surface area contributed by atoms with Gasteiger partial charge in [0.05, 0.1) is 18.0 Å². The van der Waals surface area contributed by atoms with E-state index in [4.69, 9.17) is 18.0 Å². The molecule has 35 heavy (non-hydrogen) atoms. The van der Waals surface area contributed by atoms with E-state index in [1.807, 2.05) is 6.92 Å². The van der Waals surface area contributed by atoms with Gasteiger partial charge in [0.1, 0.15) is 0 Å². The Labute approximate surface area is 209 Å². The van der Waals surface area contributed by atoms with Gasteiger partial charge in [-0.05, 0) is 59.1 Å². The number of aliphatic hydroxyl groups is 1. The quantitative estimate of drug-likeness (QED) is 0.122. The van der Waals surface area contributed by atoms with Crippen LogP contribution in [-0.4, -0.2) is 68.6 Å². The third-order valence-corrected chi connectivity index (χ3v) is 8.63. The van der Waals surface area contributed by atoms with Gasteiger partial charge in [0.2, 0.25) is 11.7 Å². The molecule has 11 heteroatoms. The smallest absolute Gasteiger partial charge is 0.424 e. The zero-order chi connectivity index (χ0) is 27.4. The summed E-state index contributed by atoms with van der Waals surface area (Å²) in [7, 11) is -3.24. The first-order valence-corrected chi connectivity index (χ1v) is 13.6. The van der Waals surface area contributed by atoms with Gasteiger partial charge in [-0.2, -0.15) is 0 Å². The largest absolute Gasteiger partial charge is 0.524 e. The summed E-state index contributed by atoms with van der Waals surface area (Å²) < 4.78 is 22.6. The Balaban J connectivity index is 5.48. The van der Waals surface area contributed by atoms with Crippen molar-refractivity contribution < 1.29 is 42.3 Å². The molecule has 200 valence electrons. The Kier molecular flexibility index (Phi) is 14.1. The van der Waals surface area contributed by atoms with Gasteiger partial charge in [-0.25, -0.2) is 0 Å². The summed E-state index contributed by atoms with van der Waals surface area (Å²) in [6, 6.07) is 0. The van der Waals surface area contributed by atoms with Crippen molar-refractivity contribution in [3.63, 3.8) is 0 Å². The molecule has 1 amide bonds. The number of amides is 1. The summed E-state index contributed by atoms with van der Waals surface area (Å²) in [6.45, 7) is 19.2. The first kappa shape index (κ1) is 32.8. The van der Waals surface area contributed by atoms with Crippen LogP contribution in [0.25, 0.3) is 0 Å². The predicted molar refractivity (Wildman–Crippen MR) is 132 cm³/mol. The lowest BCUT2D eigenvalue weighted by atomic mass is 9.87. The highest BCUT2D eigenvalue weighted by Gasteiger charge is 2.50. The van der Waals surface area contributed by atoms with Crippen molar-refractivity contribution in [1.82, 2.24) is 5.32 Å². The summed E-state index contributed by atoms with van der Waals surface area (Å²) in [4.78, 5) is 50.1. The number of esters is 1. The van der Waals surface area contributed by atoms with Crippen molar-refractivity contribution in [2.45, 2.75) is 79.2 Å². The molecule has 0 aliphatic rings. The van der Waals surface area contributed by atoms with Gasteiger partial charge in [-0.3, -0.25) is 19.2 Å². The van der Waals surface area contributed by atoms with Crippen molar-refractivity contribution in [2.75, 3.05) is 19.8 Å². The monoisotopic (exact) mass is 515 g/mol. The zero-order valence-corrected chi connectivity index (χ0v) is 23.0. The van der Waals surface area contributed by atoms with Gasteiger partial charge in [0, 0.05) is 26.2 Å². The molecule has 0 aliphatic carbocycles. The van der Waals surface area contributed by atoms with Crippen LogP contribution >= 0.6 is 0 Å². The van der Waals surface area contributed by atoms with Crippen molar-refractivity contribution in [3.8, 4) is 0 Å². The number of allylic oxidation sites excluding steroid dienone is 1. The lowest BCUT2D eigenvalue weighted by Gasteiger charge is -2.35. The van der Waals surface area contributed by atoms with E-state index in [-0.39, 0.29) is 17.6 Å². The van der Waals surface area contributed by atoms with E-state index in [0.717, 1.165) is 0 Å². The zero-order valence-electron chi connectivity index (χ0n) is 22.0. The topological polar surface area (TPSA) is 137 Å². The van der Waals surface area contributed by atoms with E-state index >= 15 is 0 Å². The molecule has 0 aliphatic heterocycles. The third kappa shape index (κ3) is 9.08. The molecule has 10 nitrogen and oxygen atoms in total. The molecular weight excluding hydrogens is 474 g/mol. The first-order valence-electron chi connectivity index (χ1n) is 11.8. The molecule has 2 N–H and O–H groups in total. The van der Waals surface area contributed by atoms with E-state index in [1.54, 1.807) is 20.8 Å². The molecule has 0 bridgehead atoms. The summed E-state index contributed by atoms with van der Waals surface area (Å²) in [5, 5.41) is 13.7. The number of hydrogen-bond donors (Lipinski definition) is 2. The SMILES string of the molecule is C=C(C)C(=O)C(C)C(O)(OC(=O)CCC(=O)NC(CC)[Si](OCC)(OCC)OCC)C(=O)C(=C)C. The Morgan fingerprint density at radius 3 is 1.77 bits per heavy atom. The molecule has 0 radical (unpaired) electrons. The summed E-state index contributed by atoms with van der Waals surface area (Å²) in [5.41, 5.74) is -0.563. The van der Waals surface area contributed by atoms with E-state index in [2.05, 4.69) is 18.5 Å². The predicted octanol–water partition coefficient (Wildman–Crippen LogP) is 2.41. The average molecular weight is 516 g/mol. The van der Waals surface area contributed by atoms with Gasteiger partial charge in [0.15, 0.2) is 5.78 Å². The molecular formula is C24H41NO9Si. The Morgan fingerprint density at radius 1 is 0.914 bits per heavy atom. The standard InChI is InChI=1S/C24H41NO9Si/c1-10-20(35(31-11-2,32-12-3)33-13-4)25-19(26)14-15-21(27)34-24(30,23(29)17(7)8)18(9)22(28)16(5)6/h18,20,30H,5,7,10-15H2,1-4,6,8-9H3,(H,25,26). The average Bonchev–Trinajstić information content (AvgIpc) is 2.79. The number of ketones is 2. The summed E-state index contributed by atoms with van der Waals surface area (Å²) >= 11 is 0. The van der Waals surface area contributed by atoms with Crippen LogP contribution in [-0.2, 0) is 37.2 Å². The lowest BCUT2D eigenvalue weighted by molar-refractivity contribution is -0.221. The number of nitrogens with one attached hydrogen (secondary N) is 1. The van der Waals surface area contributed by atoms with Crippen LogP contribution in [0.5, 0.6) is 0 Å². The van der Waals surface area contributed by atoms with E-state index in [9.17, 15) is 24.3 Å². The van der Waals surface area contributed by atoms with Gasteiger partial charge in [-0.15, -0.1) is 0 Å². The fraction of sp³-hybridized carbons (Fsp3) is 0.667. The van der Waals surface area contributed by atoms with Crippen LogP contribution in [0.4, 0.5) is 0 Å². The molecule has 0 aromatic heterocycles. The van der Waals surface area contributed by atoms with E-state index < -0.39 is 56.0 Å². The molecule has 3 atom stereocenters. The number of Topliss-reactive ketones (excluding diaryl/α,β-unsaturated/α-hetero) is 2. The minimum Gasteiger partial charge on any atom is -0.424 e. The number of rotatable bonds is 18. The van der Waals surface area contributed by atoms with Gasteiger partial charge in [-0.1, -0.05) is 20.1 Å². The molecule has 3 unspecified atom stereocenters. The van der Waals surface area contributed by atoms with Gasteiger partial charge >= 0.3 is 14.8 Å².